The normalized spacial score (nSPS) is 10.4. The minimum absolute atomic E-state index is 0.282. The molecule has 0 radical (unpaired) electrons. The zero-order valence-electron chi connectivity index (χ0n) is 18.2. The molecule has 1 heterocycles. The van der Waals surface area contributed by atoms with Gasteiger partial charge in [-0.1, -0.05) is 29.0 Å². The van der Waals surface area contributed by atoms with E-state index in [1.165, 1.54) is 24.5 Å². The van der Waals surface area contributed by atoms with Crippen molar-refractivity contribution < 1.29 is 19.1 Å². The van der Waals surface area contributed by atoms with Crippen LogP contribution in [-0.4, -0.2) is 36.2 Å². The quantitative estimate of drug-likeness (QED) is 0.357. The summed E-state index contributed by atoms with van der Waals surface area (Å²) >= 11 is 7.26. The van der Waals surface area contributed by atoms with Gasteiger partial charge in [0.2, 0.25) is 5.13 Å². The van der Waals surface area contributed by atoms with Crippen LogP contribution in [-0.2, 0) is 0 Å². The highest BCUT2D eigenvalue weighted by molar-refractivity contribution is 7.18. The molecule has 2 N–H and O–H groups in total. The summed E-state index contributed by atoms with van der Waals surface area (Å²) in [6.45, 7) is 0. The Bertz CT molecular complexity index is 1340. The smallest absolute Gasteiger partial charge is 0.259 e. The lowest BCUT2D eigenvalue weighted by atomic mass is 10.1. The number of nitrogens with one attached hydrogen (secondary N) is 2. The van der Waals surface area contributed by atoms with Crippen LogP contribution in [0.5, 0.6) is 11.5 Å². The number of nitrogens with zero attached hydrogens (tertiary/aromatic N) is 2. The Morgan fingerprint density at radius 2 is 1.68 bits per heavy atom. The number of ether oxygens (including phenoxy) is 2. The van der Waals surface area contributed by atoms with Gasteiger partial charge in [0.25, 0.3) is 11.8 Å². The second kappa shape index (κ2) is 10.3. The van der Waals surface area contributed by atoms with Crippen molar-refractivity contribution in [2.45, 2.75) is 0 Å². The van der Waals surface area contributed by atoms with Gasteiger partial charge in [-0.3, -0.25) is 14.9 Å². The van der Waals surface area contributed by atoms with E-state index in [9.17, 15) is 9.59 Å². The SMILES string of the molecule is COc1ccc(-c2nnc(NC(=O)c3cccc(NC(=O)c4cc(Cl)ccc4OC)c3)s2)cc1. The van der Waals surface area contributed by atoms with Gasteiger partial charge in [-0.25, -0.2) is 0 Å². The molecule has 10 heteroatoms. The third-order valence-corrected chi connectivity index (χ3v) is 5.89. The molecule has 0 saturated heterocycles. The van der Waals surface area contributed by atoms with E-state index < -0.39 is 5.91 Å². The first-order chi connectivity index (χ1) is 16.5. The van der Waals surface area contributed by atoms with Crippen LogP contribution in [0.2, 0.25) is 5.02 Å². The Kier molecular flexibility index (Phi) is 7.05. The third-order valence-electron chi connectivity index (χ3n) is 4.77. The van der Waals surface area contributed by atoms with Crippen LogP contribution in [0.25, 0.3) is 10.6 Å². The van der Waals surface area contributed by atoms with Crippen molar-refractivity contribution >= 4 is 45.6 Å². The van der Waals surface area contributed by atoms with Crippen molar-refractivity contribution in [1.82, 2.24) is 10.2 Å². The number of rotatable bonds is 7. The molecule has 172 valence electrons. The monoisotopic (exact) mass is 494 g/mol. The molecule has 0 atom stereocenters. The molecule has 3 aromatic carbocycles. The van der Waals surface area contributed by atoms with Crippen LogP contribution in [0.1, 0.15) is 20.7 Å². The molecule has 4 aromatic rings. The maximum atomic E-state index is 12.8. The Morgan fingerprint density at radius 1 is 0.882 bits per heavy atom. The van der Waals surface area contributed by atoms with E-state index >= 15 is 0 Å². The van der Waals surface area contributed by atoms with Gasteiger partial charge in [-0.15, -0.1) is 10.2 Å². The van der Waals surface area contributed by atoms with Crippen LogP contribution in [0, 0.1) is 0 Å². The summed E-state index contributed by atoms with van der Waals surface area (Å²) in [7, 11) is 3.07. The number of methoxy groups -OCH3 is 2. The second-order valence-corrected chi connectivity index (χ2v) is 8.39. The fourth-order valence-corrected chi connectivity index (χ4v) is 4.00. The van der Waals surface area contributed by atoms with Crippen molar-refractivity contribution in [3.8, 4) is 22.1 Å². The van der Waals surface area contributed by atoms with Gasteiger partial charge in [0.1, 0.15) is 16.5 Å². The lowest BCUT2D eigenvalue weighted by Gasteiger charge is -2.10. The van der Waals surface area contributed by atoms with Crippen LogP contribution in [0.15, 0.2) is 66.7 Å². The molecule has 0 saturated carbocycles. The zero-order chi connectivity index (χ0) is 24.1. The summed E-state index contributed by atoms with van der Waals surface area (Å²) in [5.74, 6) is 0.335. The number of benzene rings is 3. The van der Waals surface area contributed by atoms with E-state index in [-0.39, 0.29) is 11.5 Å². The molecule has 8 nitrogen and oxygen atoms in total. The predicted molar refractivity (Wildman–Crippen MR) is 132 cm³/mol. The Morgan fingerprint density at radius 3 is 2.41 bits per heavy atom. The summed E-state index contributed by atoms with van der Waals surface area (Å²) in [6.07, 6.45) is 0. The van der Waals surface area contributed by atoms with Crippen LogP contribution < -0.4 is 20.1 Å². The Hall–Kier alpha value is -3.95. The number of aromatic nitrogens is 2. The third kappa shape index (κ3) is 5.33. The van der Waals surface area contributed by atoms with Crippen molar-refractivity contribution in [3.05, 3.63) is 82.9 Å². The van der Waals surface area contributed by atoms with Crippen LogP contribution in [0.3, 0.4) is 0 Å². The highest BCUT2D eigenvalue weighted by atomic mass is 35.5. The molecule has 0 bridgehead atoms. The van der Waals surface area contributed by atoms with Crippen molar-refractivity contribution in [2.24, 2.45) is 0 Å². The van der Waals surface area contributed by atoms with E-state index in [0.29, 0.717) is 32.2 Å². The molecule has 1 aromatic heterocycles. The average Bonchev–Trinajstić information content (AvgIpc) is 3.32. The van der Waals surface area contributed by atoms with E-state index in [2.05, 4.69) is 20.8 Å². The highest BCUT2D eigenvalue weighted by Crippen LogP contribution is 2.28. The van der Waals surface area contributed by atoms with E-state index in [1.54, 1.807) is 43.5 Å². The molecule has 0 aliphatic carbocycles. The predicted octanol–water partition coefficient (Wildman–Crippen LogP) is 5.38. The molecule has 0 aliphatic heterocycles. The molecule has 0 aliphatic rings. The molecule has 0 fully saturated rings. The van der Waals surface area contributed by atoms with Gasteiger partial charge < -0.3 is 14.8 Å². The fraction of sp³-hybridized carbons (Fsp3) is 0.0833. The number of halogens is 1. The van der Waals surface area contributed by atoms with E-state index in [0.717, 1.165) is 11.3 Å². The van der Waals surface area contributed by atoms with Gasteiger partial charge >= 0.3 is 0 Å². The first kappa shape index (κ1) is 23.2. The van der Waals surface area contributed by atoms with Gasteiger partial charge in [-0.2, -0.15) is 0 Å². The second-order valence-electron chi connectivity index (χ2n) is 6.97. The standard InChI is InChI=1S/C24H19ClN4O4S/c1-32-18-9-6-14(7-10-18)23-28-29-24(34-23)27-21(30)15-4-3-5-17(12-15)26-22(31)19-13-16(25)8-11-20(19)33-2/h3-13H,1-2H3,(H,26,31)(H,27,29,30). The Balaban J connectivity index is 1.46. The highest BCUT2D eigenvalue weighted by Gasteiger charge is 2.15. The summed E-state index contributed by atoms with van der Waals surface area (Å²) in [6, 6.07) is 18.7. The number of carbonyl (C=O) groups is 2. The number of carbonyl (C=O) groups excluding carboxylic acids is 2. The number of hydrogen-bond donors (Lipinski definition) is 2. The van der Waals surface area contributed by atoms with Gasteiger partial charge in [0.05, 0.1) is 19.8 Å². The molecule has 34 heavy (non-hydrogen) atoms. The zero-order valence-corrected chi connectivity index (χ0v) is 19.7. The van der Waals surface area contributed by atoms with Gasteiger partial charge in [0.15, 0.2) is 0 Å². The molecule has 0 spiro atoms. The first-order valence-electron chi connectivity index (χ1n) is 10.0. The largest absolute Gasteiger partial charge is 0.497 e. The fourth-order valence-electron chi connectivity index (χ4n) is 3.09. The number of anilines is 2. The van der Waals surface area contributed by atoms with Gasteiger partial charge in [-0.05, 0) is 60.7 Å². The van der Waals surface area contributed by atoms with E-state index in [4.69, 9.17) is 21.1 Å². The number of amides is 2. The topological polar surface area (TPSA) is 102 Å². The van der Waals surface area contributed by atoms with Crippen molar-refractivity contribution in [3.63, 3.8) is 0 Å². The molecule has 0 unspecified atom stereocenters. The summed E-state index contributed by atoms with van der Waals surface area (Å²) in [4.78, 5) is 25.5. The molecule has 2 amide bonds. The number of hydrogen-bond acceptors (Lipinski definition) is 7. The van der Waals surface area contributed by atoms with Gasteiger partial charge in [0, 0.05) is 21.8 Å². The summed E-state index contributed by atoms with van der Waals surface area (Å²) in [5.41, 5.74) is 1.93. The summed E-state index contributed by atoms with van der Waals surface area (Å²) in [5, 5.41) is 15.1. The van der Waals surface area contributed by atoms with Crippen molar-refractivity contribution in [2.75, 3.05) is 24.9 Å². The van der Waals surface area contributed by atoms with Crippen molar-refractivity contribution in [1.29, 1.82) is 0 Å². The van der Waals surface area contributed by atoms with Crippen LogP contribution in [0.4, 0.5) is 10.8 Å². The lowest BCUT2D eigenvalue weighted by Crippen LogP contribution is -2.15. The maximum absolute atomic E-state index is 12.8. The van der Waals surface area contributed by atoms with Crippen LogP contribution >= 0.6 is 22.9 Å². The maximum Gasteiger partial charge on any atom is 0.259 e. The first-order valence-corrected chi connectivity index (χ1v) is 11.2. The lowest BCUT2D eigenvalue weighted by molar-refractivity contribution is 0.101. The molecule has 4 rings (SSSR count). The minimum Gasteiger partial charge on any atom is -0.497 e. The average molecular weight is 495 g/mol. The molecular formula is C24H19ClN4O4S. The minimum atomic E-state index is -0.412. The Labute approximate surface area is 204 Å². The molecular weight excluding hydrogens is 476 g/mol. The van der Waals surface area contributed by atoms with E-state index in [1.807, 2.05) is 24.3 Å². The summed E-state index contributed by atoms with van der Waals surface area (Å²) < 4.78 is 10.4.